The van der Waals surface area contributed by atoms with Gasteiger partial charge in [-0.3, -0.25) is 14.4 Å². The number of aliphatic hydroxyl groups is 1. The predicted molar refractivity (Wildman–Crippen MR) is 109 cm³/mol. The lowest BCUT2D eigenvalue weighted by molar-refractivity contribution is -0.159. The highest BCUT2D eigenvalue weighted by Gasteiger charge is 2.60. The molecule has 0 aromatic carbocycles. The molecule has 3 rings (SSSR count). The minimum atomic E-state index is -3.21. The molecular weight excluding hydrogens is 450 g/mol. The summed E-state index contributed by atoms with van der Waals surface area (Å²) in [6.07, 6.45) is -2.77. The van der Waals surface area contributed by atoms with Crippen LogP contribution in [0.25, 0.3) is 0 Å². The number of amides is 3. The number of thioether (sulfide) groups is 1. The fraction of sp³-hybridized carbons (Fsp3) is 0.684. The monoisotopic (exact) mass is 476 g/mol. The van der Waals surface area contributed by atoms with Gasteiger partial charge in [0, 0.05) is 35.2 Å². The van der Waals surface area contributed by atoms with E-state index in [9.17, 15) is 33.1 Å². The molecule has 0 aromatic rings. The number of carbonyl (C=O) groups excluding carboxylic acids is 3. The summed E-state index contributed by atoms with van der Waals surface area (Å²) in [4.78, 5) is 49.8. The summed E-state index contributed by atoms with van der Waals surface area (Å²) in [5, 5.41) is 26.3. The summed E-state index contributed by atoms with van der Waals surface area (Å²) >= 11 is 1.29. The number of β-lactam (4-membered cyclic amide) rings is 1. The fourth-order valence-corrected chi connectivity index (χ4v) is 6.03. The third kappa shape index (κ3) is 4.46. The molecular formula is C19H26F2N4O6S. The van der Waals surface area contributed by atoms with Crippen LogP contribution < -0.4 is 16.0 Å². The highest BCUT2D eigenvalue weighted by atomic mass is 32.2. The number of carboxylic acid groups (broad SMARTS) is 1. The Morgan fingerprint density at radius 1 is 1.34 bits per heavy atom. The van der Waals surface area contributed by atoms with Gasteiger partial charge in [-0.25, -0.2) is 4.79 Å². The highest BCUT2D eigenvalue weighted by Crippen LogP contribution is 2.51. The third-order valence-electron chi connectivity index (χ3n) is 6.01. The van der Waals surface area contributed by atoms with Crippen LogP contribution in [0.3, 0.4) is 0 Å². The molecule has 13 heteroatoms. The van der Waals surface area contributed by atoms with Crippen LogP contribution in [0.2, 0.25) is 0 Å². The molecule has 3 heterocycles. The summed E-state index contributed by atoms with van der Waals surface area (Å²) in [5.74, 6) is -4.70. The number of carboxylic acids is 1. The van der Waals surface area contributed by atoms with Crippen molar-refractivity contribution in [3.05, 3.63) is 10.6 Å². The zero-order valence-corrected chi connectivity index (χ0v) is 18.3. The number of halogens is 2. The van der Waals surface area contributed by atoms with E-state index in [4.69, 9.17) is 5.11 Å². The number of nitrogens with one attached hydrogen (secondary N) is 3. The Bertz CT molecular complexity index is 841. The molecule has 1 unspecified atom stereocenters. The molecule has 10 nitrogen and oxygen atoms in total. The average Bonchev–Trinajstić information content (AvgIpc) is 3.28. The molecule has 178 valence electrons. The third-order valence-corrected chi connectivity index (χ3v) is 7.52. The molecule has 5 N–H and O–H groups in total. The number of aliphatic hydroxyl groups excluding tert-OH is 1. The average molecular weight is 477 g/mol. The van der Waals surface area contributed by atoms with Crippen LogP contribution in [0.1, 0.15) is 20.3 Å². The molecule has 0 bridgehead atoms. The van der Waals surface area contributed by atoms with Crippen molar-refractivity contribution in [2.45, 2.75) is 50.1 Å². The SMILES string of the molecule is CC(NC(=O)C(F)F)[C@H]1C(=O)N2C(C(=O)O)=C(S[C@@H]3CN[C@H](C(=O)NCCO)C3)[C@H](C)[C@H]12. The van der Waals surface area contributed by atoms with Gasteiger partial charge in [-0.2, -0.15) is 8.78 Å². The van der Waals surface area contributed by atoms with Gasteiger partial charge in [-0.15, -0.1) is 11.8 Å². The molecule has 0 radical (unpaired) electrons. The van der Waals surface area contributed by atoms with E-state index in [-0.39, 0.29) is 35.9 Å². The van der Waals surface area contributed by atoms with Gasteiger partial charge in [0.1, 0.15) is 5.70 Å². The molecule has 2 fully saturated rings. The summed E-state index contributed by atoms with van der Waals surface area (Å²) in [6, 6.07) is -1.90. The van der Waals surface area contributed by atoms with Crippen LogP contribution in [-0.2, 0) is 19.2 Å². The molecule has 6 atom stereocenters. The molecule has 3 aliphatic heterocycles. The van der Waals surface area contributed by atoms with Gasteiger partial charge >= 0.3 is 12.4 Å². The van der Waals surface area contributed by atoms with E-state index < -0.39 is 48.3 Å². The van der Waals surface area contributed by atoms with Gasteiger partial charge in [0.05, 0.1) is 24.6 Å². The first-order valence-electron chi connectivity index (χ1n) is 10.3. The zero-order valence-electron chi connectivity index (χ0n) is 17.5. The Labute approximate surface area is 187 Å². The van der Waals surface area contributed by atoms with Gasteiger partial charge in [0.2, 0.25) is 11.8 Å². The number of hydrogen-bond acceptors (Lipinski definition) is 7. The summed E-state index contributed by atoms with van der Waals surface area (Å²) in [6.45, 7) is 3.64. The lowest BCUT2D eigenvalue weighted by Crippen LogP contribution is -2.66. The normalized spacial score (nSPS) is 30.2. The Morgan fingerprint density at radius 2 is 2.03 bits per heavy atom. The van der Waals surface area contributed by atoms with Gasteiger partial charge in [0.25, 0.3) is 5.91 Å². The summed E-state index contributed by atoms with van der Waals surface area (Å²) in [5.41, 5.74) is -0.130. The number of rotatable bonds is 9. The van der Waals surface area contributed by atoms with Crippen molar-refractivity contribution in [2.24, 2.45) is 11.8 Å². The first-order valence-corrected chi connectivity index (χ1v) is 11.1. The van der Waals surface area contributed by atoms with E-state index in [1.807, 2.05) is 0 Å². The van der Waals surface area contributed by atoms with Crippen molar-refractivity contribution >= 4 is 35.5 Å². The van der Waals surface area contributed by atoms with Crippen LogP contribution in [0.4, 0.5) is 8.78 Å². The van der Waals surface area contributed by atoms with Gasteiger partial charge in [-0.05, 0) is 13.3 Å². The van der Waals surface area contributed by atoms with Crippen molar-refractivity contribution in [3.8, 4) is 0 Å². The van der Waals surface area contributed by atoms with E-state index in [0.29, 0.717) is 17.9 Å². The number of alkyl halides is 2. The molecule has 32 heavy (non-hydrogen) atoms. The second-order valence-corrected chi connectivity index (χ2v) is 9.42. The minimum Gasteiger partial charge on any atom is -0.477 e. The highest BCUT2D eigenvalue weighted by molar-refractivity contribution is 8.03. The van der Waals surface area contributed by atoms with Crippen molar-refractivity contribution in [1.29, 1.82) is 0 Å². The summed E-state index contributed by atoms with van der Waals surface area (Å²) in [7, 11) is 0. The Kier molecular flexibility index (Phi) is 7.40. The Balaban J connectivity index is 1.71. The maximum absolute atomic E-state index is 12.7. The number of fused-ring (bicyclic) bond motifs is 1. The largest absolute Gasteiger partial charge is 0.477 e. The molecule has 0 aromatic heterocycles. The maximum atomic E-state index is 12.7. The van der Waals surface area contributed by atoms with E-state index in [1.165, 1.54) is 23.6 Å². The number of aliphatic carboxylic acids is 1. The standard InChI is InChI=1S/C19H26F2N4O6S/c1-7-12-11(8(2)24-17(28)15(20)21)18(29)25(12)13(19(30)31)14(7)32-9-5-10(23-6-9)16(27)22-3-4-26/h7-12,15,23,26H,3-6H2,1-2H3,(H,22,27)(H,24,28)(H,30,31)/t7-,8?,9+,10+,11-,12-/m1/s1. The Morgan fingerprint density at radius 3 is 2.62 bits per heavy atom. The van der Waals surface area contributed by atoms with Gasteiger partial charge in [0.15, 0.2) is 0 Å². The van der Waals surface area contributed by atoms with Crippen LogP contribution >= 0.6 is 11.8 Å². The predicted octanol–water partition coefficient (Wildman–Crippen LogP) is -0.899. The first-order chi connectivity index (χ1) is 15.1. The van der Waals surface area contributed by atoms with Crippen molar-refractivity contribution in [3.63, 3.8) is 0 Å². The molecule has 3 amide bonds. The second kappa shape index (κ2) is 9.71. The van der Waals surface area contributed by atoms with E-state index in [2.05, 4.69) is 16.0 Å². The second-order valence-electron chi connectivity index (χ2n) is 8.08. The molecule has 0 spiro atoms. The van der Waals surface area contributed by atoms with Crippen molar-refractivity contribution in [2.75, 3.05) is 19.7 Å². The van der Waals surface area contributed by atoms with Gasteiger partial charge < -0.3 is 31.1 Å². The fourth-order valence-electron chi connectivity index (χ4n) is 4.55. The zero-order chi connectivity index (χ0) is 23.7. The first kappa shape index (κ1) is 24.4. The van der Waals surface area contributed by atoms with Crippen LogP contribution in [0.15, 0.2) is 10.6 Å². The topological polar surface area (TPSA) is 148 Å². The van der Waals surface area contributed by atoms with Crippen LogP contribution in [0, 0.1) is 11.8 Å². The minimum absolute atomic E-state index is 0.116. The summed E-state index contributed by atoms with van der Waals surface area (Å²) < 4.78 is 25.2. The molecule has 0 saturated carbocycles. The Hall–Kier alpha value is -2.25. The molecule has 0 aliphatic carbocycles. The lowest BCUT2D eigenvalue weighted by atomic mass is 9.78. The van der Waals surface area contributed by atoms with E-state index >= 15 is 0 Å². The van der Waals surface area contributed by atoms with E-state index in [1.54, 1.807) is 6.92 Å². The van der Waals surface area contributed by atoms with Crippen LogP contribution in [0.5, 0.6) is 0 Å². The van der Waals surface area contributed by atoms with Crippen LogP contribution in [-0.4, -0.2) is 88.3 Å². The molecule has 2 saturated heterocycles. The number of nitrogens with zero attached hydrogens (tertiary/aromatic N) is 1. The van der Waals surface area contributed by atoms with Crippen molar-refractivity contribution in [1.82, 2.24) is 20.9 Å². The van der Waals surface area contributed by atoms with Crippen molar-refractivity contribution < 1.29 is 38.2 Å². The van der Waals surface area contributed by atoms with E-state index in [0.717, 1.165) is 0 Å². The quantitative estimate of drug-likeness (QED) is 0.269. The number of carbonyl (C=O) groups is 4. The van der Waals surface area contributed by atoms with Gasteiger partial charge in [-0.1, -0.05) is 6.92 Å². The smallest absolute Gasteiger partial charge is 0.353 e. The lowest BCUT2D eigenvalue weighted by Gasteiger charge is -2.47. The number of hydrogen-bond donors (Lipinski definition) is 5. The molecule has 3 aliphatic rings. The maximum Gasteiger partial charge on any atom is 0.353 e.